The van der Waals surface area contributed by atoms with E-state index in [9.17, 15) is 9.59 Å². The van der Waals surface area contributed by atoms with Gasteiger partial charge in [0.2, 0.25) is 0 Å². The highest BCUT2D eigenvalue weighted by atomic mass is 16.1. The van der Waals surface area contributed by atoms with Gasteiger partial charge in [0.25, 0.3) is 0 Å². The van der Waals surface area contributed by atoms with Crippen LogP contribution in [0.25, 0.3) is 0 Å². The Labute approximate surface area is 90.3 Å². The Morgan fingerprint density at radius 1 is 1.20 bits per heavy atom. The lowest BCUT2D eigenvalue weighted by molar-refractivity contribution is 0.112. The van der Waals surface area contributed by atoms with Gasteiger partial charge in [0.1, 0.15) is 12.6 Å². The molecule has 0 N–H and O–H groups in total. The molecule has 0 aliphatic rings. The first-order valence-electron chi connectivity index (χ1n) is 5.26. The average Bonchev–Trinajstić information content (AvgIpc) is 2.26. The number of rotatable bonds is 5. The maximum atomic E-state index is 10.9. The monoisotopic (exact) mass is 204 g/mol. The minimum absolute atomic E-state index is 0.579. The van der Waals surface area contributed by atoms with Gasteiger partial charge in [-0.05, 0) is 43.0 Å². The zero-order chi connectivity index (χ0) is 11.3. The molecular formula is C13H16O2. The molecule has 1 aromatic rings. The van der Waals surface area contributed by atoms with Crippen LogP contribution in [-0.4, -0.2) is 12.6 Å². The molecule has 0 radical (unpaired) electrons. The maximum Gasteiger partial charge on any atom is 0.150 e. The largest absolute Gasteiger partial charge is 0.298 e. The van der Waals surface area contributed by atoms with Crippen molar-refractivity contribution in [2.24, 2.45) is 0 Å². The second-order valence-corrected chi connectivity index (χ2v) is 3.74. The van der Waals surface area contributed by atoms with Crippen LogP contribution in [-0.2, 0) is 6.42 Å². The smallest absolute Gasteiger partial charge is 0.150 e. The van der Waals surface area contributed by atoms with E-state index in [2.05, 4.69) is 6.92 Å². The third-order valence-corrected chi connectivity index (χ3v) is 2.57. The van der Waals surface area contributed by atoms with Crippen molar-refractivity contribution in [3.63, 3.8) is 0 Å². The molecule has 0 saturated carbocycles. The maximum absolute atomic E-state index is 10.9. The normalized spacial score (nSPS) is 10.0. The van der Waals surface area contributed by atoms with Crippen molar-refractivity contribution < 1.29 is 9.59 Å². The Morgan fingerprint density at radius 2 is 1.93 bits per heavy atom. The Bertz CT molecular complexity index is 367. The third kappa shape index (κ3) is 2.75. The standard InChI is InChI=1S/C13H16O2/c1-3-4-5-13-10(2)6-11(8-14)7-12(13)9-15/h6-9H,3-5H2,1-2H3. The molecule has 0 aliphatic heterocycles. The van der Waals surface area contributed by atoms with Crippen LogP contribution < -0.4 is 0 Å². The number of aryl methyl sites for hydroxylation is 1. The van der Waals surface area contributed by atoms with Gasteiger partial charge in [-0.2, -0.15) is 0 Å². The van der Waals surface area contributed by atoms with Crippen LogP contribution in [0.4, 0.5) is 0 Å². The van der Waals surface area contributed by atoms with E-state index in [1.165, 1.54) is 0 Å². The zero-order valence-corrected chi connectivity index (χ0v) is 9.25. The quantitative estimate of drug-likeness (QED) is 0.691. The molecule has 15 heavy (non-hydrogen) atoms. The molecule has 0 unspecified atom stereocenters. The summed E-state index contributed by atoms with van der Waals surface area (Å²) < 4.78 is 0. The molecule has 80 valence electrons. The van der Waals surface area contributed by atoms with E-state index in [0.717, 1.165) is 43.0 Å². The lowest BCUT2D eigenvalue weighted by Crippen LogP contribution is -1.99. The highest BCUT2D eigenvalue weighted by Crippen LogP contribution is 2.17. The van der Waals surface area contributed by atoms with Gasteiger partial charge in [-0.3, -0.25) is 9.59 Å². The molecule has 0 amide bonds. The van der Waals surface area contributed by atoms with Crippen LogP contribution in [0.2, 0.25) is 0 Å². The van der Waals surface area contributed by atoms with Crippen molar-refractivity contribution in [3.8, 4) is 0 Å². The molecule has 0 bridgehead atoms. The van der Waals surface area contributed by atoms with Gasteiger partial charge in [0.15, 0.2) is 0 Å². The predicted octanol–water partition coefficient (Wildman–Crippen LogP) is 2.96. The van der Waals surface area contributed by atoms with E-state index >= 15 is 0 Å². The Balaban J connectivity index is 3.12. The SMILES string of the molecule is CCCCc1c(C)cc(C=O)cc1C=O. The molecule has 0 saturated heterocycles. The van der Waals surface area contributed by atoms with E-state index in [-0.39, 0.29) is 0 Å². The Hall–Kier alpha value is -1.44. The third-order valence-electron chi connectivity index (χ3n) is 2.57. The molecule has 1 rings (SSSR count). The van der Waals surface area contributed by atoms with Crippen molar-refractivity contribution in [3.05, 3.63) is 34.4 Å². The number of benzene rings is 1. The second kappa shape index (κ2) is 5.44. The van der Waals surface area contributed by atoms with Crippen molar-refractivity contribution in [1.82, 2.24) is 0 Å². The molecular weight excluding hydrogens is 188 g/mol. The fourth-order valence-corrected chi connectivity index (χ4v) is 1.74. The fraction of sp³-hybridized carbons (Fsp3) is 0.385. The number of hydrogen-bond acceptors (Lipinski definition) is 2. The van der Waals surface area contributed by atoms with Gasteiger partial charge in [-0.15, -0.1) is 0 Å². The molecule has 0 aromatic heterocycles. The summed E-state index contributed by atoms with van der Waals surface area (Å²) in [6, 6.07) is 3.50. The van der Waals surface area contributed by atoms with Gasteiger partial charge < -0.3 is 0 Å². The van der Waals surface area contributed by atoms with E-state index in [1.54, 1.807) is 6.07 Å². The van der Waals surface area contributed by atoms with Crippen LogP contribution in [0, 0.1) is 6.92 Å². The molecule has 2 heteroatoms. The lowest BCUT2D eigenvalue weighted by Gasteiger charge is -2.09. The second-order valence-electron chi connectivity index (χ2n) is 3.74. The molecule has 0 aliphatic carbocycles. The van der Waals surface area contributed by atoms with Gasteiger partial charge in [0, 0.05) is 11.1 Å². The average molecular weight is 204 g/mol. The van der Waals surface area contributed by atoms with Crippen LogP contribution in [0.3, 0.4) is 0 Å². The van der Waals surface area contributed by atoms with E-state index in [0.29, 0.717) is 11.1 Å². The van der Waals surface area contributed by atoms with E-state index in [4.69, 9.17) is 0 Å². The highest BCUT2D eigenvalue weighted by Gasteiger charge is 2.06. The Morgan fingerprint density at radius 3 is 2.47 bits per heavy atom. The van der Waals surface area contributed by atoms with Gasteiger partial charge in [-0.1, -0.05) is 13.3 Å². The first-order chi connectivity index (χ1) is 7.22. The summed E-state index contributed by atoms with van der Waals surface area (Å²) >= 11 is 0. The summed E-state index contributed by atoms with van der Waals surface area (Å²) in [5.41, 5.74) is 3.35. The van der Waals surface area contributed by atoms with Crippen molar-refractivity contribution >= 4 is 12.6 Å². The molecule has 0 fully saturated rings. The summed E-state index contributed by atoms with van der Waals surface area (Å²) in [5.74, 6) is 0. The van der Waals surface area contributed by atoms with E-state index < -0.39 is 0 Å². The van der Waals surface area contributed by atoms with Crippen molar-refractivity contribution in [2.45, 2.75) is 33.1 Å². The zero-order valence-electron chi connectivity index (χ0n) is 9.25. The summed E-state index contributed by atoms with van der Waals surface area (Å²) in [6.45, 7) is 4.07. The van der Waals surface area contributed by atoms with Gasteiger partial charge >= 0.3 is 0 Å². The van der Waals surface area contributed by atoms with Gasteiger partial charge in [-0.25, -0.2) is 0 Å². The summed E-state index contributed by atoms with van der Waals surface area (Å²) in [4.78, 5) is 21.5. The first kappa shape index (κ1) is 11.6. The Kier molecular flexibility index (Phi) is 4.22. The summed E-state index contributed by atoms with van der Waals surface area (Å²) in [6.07, 6.45) is 4.71. The van der Waals surface area contributed by atoms with Crippen LogP contribution in [0.1, 0.15) is 51.6 Å². The highest BCUT2D eigenvalue weighted by molar-refractivity contribution is 5.84. The molecule has 2 nitrogen and oxygen atoms in total. The summed E-state index contributed by atoms with van der Waals surface area (Å²) in [5, 5.41) is 0. The number of carbonyl (C=O) groups excluding carboxylic acids is 2. The predicted molar refractivity (Wildman–Crippen MR) is 60.6 cm³/mol. The number of unbranched alkanes of at least 4 members (excludes halogenated alkanes) is 1. The van der Waals surface area contributed by atoms with Crippen molar-refractivity contribution in [2.75, 3.05) is 0 Å². The van der Waals surface area contributed by atoms with Crippen LogP contribution in [0.15, 0.2) is 12.1 Å². The van der Waals surface area contributed by atoms with Crippen molar-refractivity contribution in [1.29, 1.82) is 0 Å². The first-order valence-corrected chi connectivity index (χ1v) is 5.26. The number of hydrogen-bond donors (Lipinski definition) is 0. The van der Waals surface area contributed by atoms with Gasteiger partial charge in [0.05, 0.1) is 0 Å². The van der Waals surface area contributed by atoms with Crippen LogP contribution >= 0.6 is 0 Å². The van der Waals surface area contributed by atoms with Crippen LogP contribution in [0.5, 0.6) is 0 Å². The molecule has 1 aromatic carbocycles. The summed E-state index contributed by atoms with van der Waals surface area (Å²) in [7, 11) is 0. The topological polar surface area (TPSA) is 34.1 Å². The minimum Gasteiger partial charge on any atom is -0.298 e. The molecule has 0 heterocycles. The molecule has 0 atom stereocenters. The number of aldehydes is 2. The lowest BCUT2D eigenvalue weighted by atomic mass is 9.95. The fourth-order valence-electron chi connectivity index (χ4n) is 1.74. The molecule has 0 spiro atoms. The number of carbonyl (C=O) groups is 2. The van der Waals surface area contributed by atoms with E-state index in [1.807, 2.05) is 13.0 Å². The minimum atomic E-state index is 0.579.